The van der Waals surface area contributed by atoms with Crippen molar-refractivity contribution in [3.63, 3.8) is 0 Å². The van der Waals surface area contributed by atoms with Gasteiger partial charge in [-0.2, -0.15) is 13.2 Å². The van der Waals surface area contributed by atoms with Gasteiger partial charge in [-0.05, 0) is 81.0 Å². The molecular weight excluding hydrogens is 526 g/mol. The van der Waals surface area contributed by atoms with Crippen LogP contribution in [0.5, 0.6) is 11.5 Å². The molecule has 5 rings (SSSR count). The van der Waals surface area contributed by atoms with Gasteiger partial charge in [-0.3, -0.25) is 4.90 Å². The first kappa shape index (κ1) is 28.5. The molecule has 0 bridgehead atoms. The summed E-state index contributed by atoms with van der Waals surface area (Å²) in [6.45, 7) is 0.978. The van der Waals surface area contributed by atoms with Gasteiger partial charge in [0.15, 0.2) is 11.5 Å². The Morgan fingerprint density at radius 3 is 2.42 bits per heavy atom. The third kappa shape index (κ3) is 5.73. The van der Waals surface area contributed by atoms with Crippen molar-refractivity contribution in [1.29, 1.82) is 0 Å². The summed E-state index contributed by atoms with van der Waals surface area (Å²) in [6.07, 6.45) is 4.60. The van der Waals surface area contributed by atoms with Gasteiger partial charge in [0.05, 0.1) is 19.8 Å². The number of amides is 2. The van der Waals surface area contributed by atoms with Crippen LogP contribution in [-0.2, 0) is 11.6 Å². The molecule has 2 aromatic carbocycles. The summed E-state index contributed by atoms with van der Waals surface area (Å²) in [5.41, 5.74) is -0.273. The van der Waals surface area contributed by atoms with E-state index in [0.717, 1.165) is 50.8 Å². The molecule has 1 aliphatic heterocycles. The van der Waals surface area contributed by atoms with Crippen molar-refractivity contribution in [2.45, 2.75) is 87.5 Å². The van der Waals surface area contributed by atoms with Crippen LogP contribution in [0.3, 0.4) is 0 Å². The monoisotopic (exact) mass is 563 g/mol. The van der Waals surface area contributed by atoms with Gasteiger partial charge in [0, 0.05) is 29.2 Å². The Hall–Kier alpha value is -3.01. The SMILES string of the molecule is COc1ccc([C@@]23CC[C@H](NC(=O)Nc4cc(F)cc(C(F)(F)F)c4)C[C@H]2N(C2CCCCC2)CC3)cc1OC. The van der Waals surface area contributed by atoms with Gasteiger partial charge in [-0.25, -0.2) is 9.18 Å². The number of hydrogen-bond acceptors (Lipinski definition) is 4. The zero-order valence-electron chi connectivity index (χ0n) is 23.0. The molecule has 40 heavy (non-hydrogen) atoms. The second-order valence-corrected chi connectivity index (χ2v) is 11.3. The van der Waals surface area contributed by atoms with Crippen LogP contribution < -0.4 is 20.1 Å². The number of nitrogens with zero attached hydrogens (tertiary/aromatic N) is 1. The highest BCUT2D eigenvalue weighted by molar-refractivity contribution is 5.89. The highest BCUT2D eigenvalue weighted by Crippen LogP contribution is 2.51. The molecule has 2 saturated carbocycles. The molecule has 2 aliphatic carbocycles. The molecule has 2 N–H and O–H groups in total. The summed E-state index contributed by atoms with van der Waals surface area (Å²) in [5, 5.41) is 5.38. The van der Waals surface area contributed by atoms with Crippen molar-refractivity contribution in [2.75, 3.05) is 26.1 Å². The molecule has 0 spiro atoms. The van der Waals surface area contributed by atoms with Gasteiger partial charge in [-0.1, -0.05) is 25.3 Å². The molecule has 0 radical (unpaired) electrons. The average molecular weight is 564 g/mol. The summed E-state index contributed by atoms with van der Waals surface area (Å²) in [6, 6.07) is 8.10. The zero-order chi connectivity index (χ0) is 28.5. The number of benzene rings is 2. The summed E-state index contributed by atoms with van der Waals surface area (Å²) in [4.78, 5) is 15.5. The number of urea groups is 1. The van der Waals surface area contributed by atoms with Crippen molar-refractivity contribution in [2.24, 2.45) is 0 Å². The quantitative estimate of drug-likeness (QED) is 0.376. The minimum Gasteiger partial charge on any atom is -0.493 e. The lowest BCUT2D eigenvalue weighted by Crippen LogP contribution is -2.55. The van der Waals surface area contributed by atoms with Gasteiger partial charge >= 0.3 is 12.2 Å². The van der Waals surface area contributed by atoms with E-state index < -0.39 is 23.6 Å². The van der Waals surface area contributed by atoms with Crippen LogP contribution in [0.2, 0.25) is 0 Å². The van der Waals surface area contributed by atoms with Gasteiger partial charge in [0.25, 0.3) is 0 Å². The lowest BCUT2D eigenvalue weighted by Gasteiger charge is -2.47. The summed E-state index contributed by atoms with van der Waals surface area (Å²) >= 11 is 0. The minimum absolute atomic E-state index is 0.101. The number of rotatable bonds is 6. The number of methoxy groups -OCH3 is 2. The molecule has 2 aromatic rings. The fourth-order valence-corrected chi connectivity index (χ4v) is 7.23. The molecule has 3 atom stereocenters. The van der Waals surface area contributed by atoms with Crippen molar-refractivity contribution < 1.29 is 31.8 Å². The molecule has 6 nitrogen and oxygen atoms in total. The van der Waals surface area contributed by atoms with Gasteiger partial charge in [0.1, 0.15) is 5.82 Å². The van der Waals surface area contributed by atoms with Crippen molar-refractivity contribution in [3.8, 4) is 11.5 Å². The largest absolute Gasteiger partial charge is 0.493 e. The van der Waals surface area contributed by atoms with E-state index in [9.17, 15) is 22.4 Å². The number of anilines is 1. The van der Waals surface area contributed by atoms with Crippen LogP contribution >= 0.6 is 0 Å². The number of halogens is 4. The average Bonchev–Trinajstić information content (AvgIpc) is 3.32. The predicted molar refractivity (Wildman–Crippen MR) is 144 cm³/mol. The maximum absolute atomic E-state index is 13.8. The Labute approximate surface area is 232 Å². The Bertz CT molecular complexity index is 1220. The van der Waals surface area contributed by atoms with Crippen LogP contribution in [0.25, 0.3) is 0 Å². The van der Waals surface area contributed by atoms with E-state index >= 15 is 0 Å². The maximum atomic E-state index is 13.8. The van der Waals surface area contributed by atoms with Crippen LogP contribution in [0.15, 0.2) is 36.4 Å². The lowest BCUT2D eigenvalue weighted by molar-refractivity contribution is -0.137. The minimum atomic E-state index is -4.71. The van der Waals surface area contributed by atoms with Crippen LogP contribution in [0.4, 0.5) is 28.0 Å². The number of nitrogens with one attached hydrogen (secondary N) is 2. The number of carbonyl (C=O) groups is 1. The molecule has 1 saturated heterocycles. The van der Waals surface area contributed by atoms with Gasteiger partial charge < -0.3 is 20.1 Å². The molecule has 3 aliphatic rings. The summed E-state index contributed by atoms with van der Waals surface area (Å²) < 4.78 is 64.3. The van der Waals surface area contributed by atoms with Crippen LogP contribution in [0, 0.1) is 5.82 Å². The molecule has 0 unspecified atom stereocenters. The van der Waals surface area contributed by atoms with Gasteiger partial charge in [-0.15, -0.1) is 0 Å². The van der Waals surface area contributed by atoms with Crippen LogP contribution in [0.1, 0.15) is 68.9 Å². The van der Waals surface area contributed by atoms with Crippen molar-refractivity contribution in [1.82, 2.24) is 10.2 Å². The smallest absolute Gasteiger partial charge is 0.416 e. The topological polar surface area (TPSA) is 62.8 Å². The first-order chi connectivity index (χ1) is 19.1. The number of carbonyl (C=O) groups excluding carboxylic acids is 1. The van der Waals surface area contributed by atoms with E-state index in [2.05, 4.69) is 27.7 Å². The Kier molecular flexibility index (Phi) is 8.17. The van der Waals surface area contributed by atoms with E-state index in [1.807, 2.05) is 6.07 Å². The summed E-state index contributed by atoms with van der Waals surface area (Å²) in [5.74, 6) is 0.313. The fraction of sp³-hybridized carbons (Fsp3) is 0.567. The van der Waals surface area contributed by atoms with Gasteiger partial charge in [0.2, 0.25) is 0 Å². The van der Waals surface area contributed by atoms with E-state index in [0.29, 0.717) is 30.0 Å². The highest BCUT2D eigenvalue weighted by atomic mass is 19.4. The van der Waals surface area contributed by atoms with E-state index in [4.69, 9.17) is 9.47 Å². The first-order valence-electron chi connectivity index (χ1n) is 14.1. The van der Waals surface area contributed by atoms with Crippen molar-refractivity contribution >= 4 is 11.7 Å². The Morgan fingerprint density at radius 2 is 1.73 bits per heavy atom. The maximum Gasteiger partial charge on any atom is 0.416 e. The second-order valence-electron chi connectivity index (χ2n) is 11.3. The molecule has 3 fully saturated rings. The fourth-order valence-electron chi connectivity index (χ4n) is 7.23. The van der Waals surface area contributed by atoms with E-state index in [-0.39, 0.29) is 23.2 Å². The highest BCUT2D eigenvalue weighted by Gasteiger charge is 2.53. The standard InChI is InChI=1S/C30H37F4N3O3/c1-39-25-9-8-19(16-26(25)40-2)29-11-10-22(18-27(29)37(13-12-29)24-6-4-3-5-7-24)35-28(38)36-23-15-20(30(32,33)34)14-21(31)17-23/h8-9,14-17,22,24,27H,3-7,10-13,18H2,1-2H3,(H2,35,36,38)/t22-,27+,29-/m0/s1. The first-order valence-corrected chi connectivity index (χ1v) is 14.1. The molecule has 2 amide bonds. The number of ether oxygens (including phenoxy) is 2. The summed E-state index contributed by atoms with van der Waals surface area (Å²) in [7, 11) is 3.25. The number of fused-ring (bicyclic) bond motifs is 1. The molecule has 0 aromatic heterocycles. The number of likely N-dealkylation sites (tertiary alicyclic amines) is 1. The third-order valence-corrected chi connectivity index (χ3v) is 9.12. The Morgan fingerprint density at radius 1 is 0.975 bits per heavy atom. The molecule has 10 heteroatoms. The normalized spacial score (nSPS) is 25.8. The Balaban J connectivity index is 1.36. The van der Waals surface area contributed by atoms with E-state index in [1.54, 1.807) is 14.2 Å². The predicted octanol–water partition coefficient (Wildman–Crippen LogP) is 6.88. The van der Waals surface area contributed by atoms with Crippen molar-refractivity contribution in [3.05, 3.63) is 53.3 Å². The molecule has 1 heterocycles. The number of alkyl halides is 3. The lowest BCUT2D eigenvalue weighted by atomic mass is 9.64. The number of hydrogen-bond donors (Lipinski definition) is 2. The molecular formula is C30H37F4N3O3. The molecule has 218 valence electrons. The zero-order valence-corrected chi connectivity index (χ0v) is 23.0. The second kappa shape index (κ2) is 11.5. The third-order valence-electron chi connectivity index (χ3n) is 9.12. The van der Waals surface area contributed by atoms with E-state index in [1.165, 1.54) is 24.8 Å². The van der Waals surface area contributed by atoms with Crippen LogP contribution in [-0.4, -0.2) is 49.8 Å².